The molecular weight excluding hydrogens is 266 g/mol. The Hall–Kier alpha value is -1.55. The predicted octanol–water partition coefficient (Wildman–Crippen LogP) is 2.25. The minimum atomic E-state index is -0.769. The van der Waals surface area contributed by atoms with Gasteiger partial charge in [-0.25, -0.2) is 0 Å². The molecule has 1 amide bonds. The summed E-state index contributed by atoms with van der Waals surface area (Å²) in [5.41, 5.74) is 0.898. The fraction of sp³-hybridized carbons (Fsp3) is 0.429. The Balaban J connectivity index is 1.82. The Labute approximate surface area is 116 Å². The number of hydrogen-bond donors (Lipinski definition) is 2. The van der Waals surface area contributed by atoms with Crippen molar-refractivity contribution in [1.82, 2.24) is 5.32 Å². The first-order valence-electron chi connectivity index (χ1n) is 6.31. The highest BCUT2D eigenvalue weighted by Gasteiger charge is 2.30. The Kier molecular flexibility index (Phi) is 4.43. The van der Waals surface area contributed by atoms with Gasteiger partial charge in [-0.05, 0) is 37.0 Å². The molecule has 0 bridgehead atoms. The number of carbonyl (C=O) groups excluding carboxylic acids is 1. The van der Waals surface area contributed by atoms with Crippen LogP contribution in [0.5, 0.6) is 0 Å². The van der Waals surface area contributed by atoms with Crippen LogP contribution in [-0.2, 0) is 16.0 Å². The van der Waals surface area contributed by atoms with Crippen LogP contribution < -0.4 is 5.32 Å². The van der Waals surface area contributed by atoms with E-state index in [4.69, 9.17) is 16.7 Å². The number of halogens is 1. The van der Waals surface area contributed by atoms with E-state index in [0.29, 0.717) is 24.3 Å². The van der Waals surface area contributed by atoms with E-state index in [2.05, 4.69) is 5.32 Å². The molecule has 0 spiro atoms. The van der Waals surface area contributed by atoms with Gasteiger partial charge in [0.15, 0.2) is 0 Å². The molecule has 102 valence electrons. The predicted molar refractivity (Wildman–Crippen MR) is 72.1 cm³/mol. The van der Waals surface area contributed by atoms with Crippen molar-refractivity contribution in [2.75, 3.05) is 0 Å². The second-order valence-electron chi connectivity index (χ2n) is 4.92. The second kappa shape index (κ2) is 6.06. The molecule has 0 saturated heterocycles. The molecule has 19 heavy (non-hydrogen) atoms. The second-order valence-corrected chi connectivity index (χ2v) is 5.35. The zero-order chi connectivity index (χ0) is 13.8. The van der Waals surface area contributed by atoms with Crippen LogP contribution in [0.15, 0.2) is 24.3 Å². The number of carbonyl (C=O) groups is 2. The zero-order valence-corrected chi connectivity index (χ0v) is 11.2. The molecule has 0 radical (unpaired) electrons. The smallest absolute Gasteiger partial charge is 0.306 e. The van der Waals surface area contributed by atoms with Gasteiger partial charge in [0.25, 0.3) is 0 Å². The van der Waals surface area contributed by atoms with Crippen molar-refractivity contribution in [1.29, 1.82) is 0 Å². The monoisotopic (exact) mass is 281 g/mol. The lowest BCUT2D eigenvalue weighted by Crippen LogP contribution is -2.34. The highest BCUT2D eigenvalue weighted by molar-refractivity contribution is 6.30. The highest BCUT2D eigenvalue weighted by atomic mass is 35.5. The molecule has 5 heteroatoms. The van der Waals surface area contributed by atoms with E-state index in [1.165, 1.54) is 0 Å². The standard InChI is InChI=1S/C14H16ClNO3/c15-11-4-1-9(2-5-11)7-13(17)16-12-6-3-10(8-12)14(18)19/h1-2,4-5,10,12H,3,6-8H2,(H,16,17)(H,18,19)/t10-,12+/m0/s1. The molecule has 1 fully saturated rings. The first-order chi connectivity index (χ1) is 9.04. The fourth-order valence-electron chi connectivity index (χ4n) is 2.40. The van der Waals surface area contributed by atoms with E-state index in [1.807, 2.05) is 12.1 Å². The number of hydrogen-bond acceptors (Lipinski definition) is 2. The molecule has 0 heterocycles. The molecule has 2 N–H and O–H groups in total. The van der Waals surface area contributed by atoms with Crippen LogP contribution in [0, 0.1) is 5.92 Å². The topological polar surface area (TPSA) is 66.4 Å². The molecule has 1 aromatic carbocycles. The van der Waals surface area contributed by atoms with Gasteiger partial charge < -0.3 is 10.4 Å². The number of carboxylic acids is 1. The van der Waals surface area contributed by atoms with E-state index in [9.17, 15) is 9.59 Å². The minimum Gasteiger partial charge on any atom is -0.481 e. The van der Waals surface area contributed by atoms with E-state index in [-0.39, 0.29) is 17.9 Å². The number of amides is 1. The summed E-state index contributed by atoms with van der Waals surface area (Å²) in [6.45, 7) is 0. The maximum absolute atomic E-state index is 11.8. The number of benzene rings is 1. The summed E-state index contributed by atoms with van der Waals surface area (Å²) in [6.07, 6.45) is 2.21. The molecule has 1 aliphatic rings. The lowest BCUT2D eigenvalue weighted by atomic mass is 10.1. The summed E-state index contributed by atoms with van der Waals surface area (Å²) in [7, 11) is 0. The summed E-state index contributed by atoms with van der Waals surface area (Å²) in [4.78, 5) is 22.7. The van der Waals surface area contributed by atoms with Crippen molar-refractivity contribution < 1.29 is 14.7 Å². The van der Waals surface area contributed by atoms with Crippen molar-refractivity contribution in [3.63, 3.8) is 0 Å². The Bertz CT molecular complexity index is 472. The van der Waals surface area contributed by atoms with E-state index < -0.39 is 5.97 Å². The highest BCUT2D eigenvalue weighted by Crippen LogP contribution is 2.25. The zero-order valence-electron chi connectivity index (χ0n) is 10.4. The van der Waals surface area contributed by atoms with Crippen LogP contribution >= 0.6 is 11.6 Å². The lowest BCUT2D eigenvalue weighted by Gasteiger charge is -2.12. The van der Waals surface area contributed by atoms with Gasteiger partial charge in [0.2, 0.25) is 5.91 Å². The van der Waals surface area contributed by atoms with Crippen molar-refractivity contribution in [2.24, 2.45) is 5.92 Å². The van der Waals surface area contributed by atoms with Gasteiger partial charge in [0, 0.05) is 11.1 Å². The van der Waals surface area contributed by atoms with E-state index in [1.54, 1.807) is 12.1 Å². The van der Waals surface area contributed by atoms with Gasteiger partial charge in [-0.2, -0.15) is 0 Å². The van der Waals surface area contributed by atoms with Gasteiger partial charge in [-0.3, -0.25) is 9.59 Å². The molecule has 0 aromatic heterocycles. The van der Waals surface area contributed by atoms with Crippen LogP contribution in [0.1, 0.15) is 24.8 Å². The third-order valence-corrected chi connectivity index (χ3v) is 3.68. The van der Waals surface area contributed by atoms with E-state index in [0.717, 1.165) is 12.0 Å². The van der Waals surface area contributed by atoms with Crippen molar-refractivity contribution in [3.8, 4) is 0 Å². The molecule has 2 rings (SSSR count). The van der Waals surface area contributed by atoms with Crippen molar-refractivity contribution in [2.45, 2.75) is 31.7 Å². The maximum atomic E-state index is 11.8. The van der Waals surface area contributed by atoms with Crippen molar-refractivity contribution >= 4 is 23.5 Å². The summed E-state index contributed by atoms with van der Waals surface area (Å²) in [6, 6.07) is 7.12. The summed E-state index contributed by atoms with van der Waals surface area (Å²) >= 11 is 5.78. The normalized spacial score (nSPS) is 22.2. The van der Waals surface area contributed by atoms with Crippen LogP contribution in [0.25, 0.3) is 0 Å². The molecule has 2 atom stereocenters. The third kappa shape index (κ3) is 3.96. The average Bonchev–Trinajstić information content (AvgIpc) is 2.80. The Morgan fingerprint density at radius 2 is 1.95 bits per heavy atom. The van der Waals surface area contributed by atoms with Crippen LogP contribution in [-0.4, -0.2) is 23.0 Å². The van der Waals surface area contributed by atoms with Gasteiger partial charge in [-0.1, -0.05) is 23.7 Å². The first-order valence-corrected chi connectivity index (χ1v) is 6.69. The summed E-state index contributed by atoms with van der Waals surface area (Å²) in [5, 5.41) is 12.4. The van der Waals surface area contributed by atoms with Gasteiger partial charge in [0.1, 0.15) is 0 Å². The molecular formula is C14H16ClNO3. The van der Waals surface area contributed by atoms with Gasteiger partial charge >= 0.3 is 5.97 Å². The minimum absolute atomic E-state index is 0.0131. The Morgan fingerprint density at radius 1 is 1.26 bits per heavy atom. The first kappa shape index (κ1) is 13.9. The Morgan fingerprint density at radius 3 is 2.53 bits per heavy atom. The number of rotatable bonds is 4. The number of nitrogens with one attached hydrogen (secondary N) is 1. The lowest BCUT2D eigenvalue weighted by molar-refractivity contribution is -0.141. The van der Waals surface area contributed by atoms with Crippen LogP contribution in [0.4, 0.5) is 0 Å². The molecule has 1 aromatic rings. The third-order valence-electron chi connectivity index (χ3n) is 3.42. The largest absolute Gasteiger partial charge is 0.481 e. The average molecular weight is 282 g/mol. The molecule has 0 unspecified atom stereocenters. The van der Waals surface area contributed by atoms with Gasteiger partial charge in [0.05, 0.1) is 12.3 Å². The van der Waals surface area contributed by atoms with Crippen LogP contribution in [0.2, 0.25) is 5.02 Å². The molecule has 1 aliphatic carbocycles. The molecule has 4 nitrogen and oxygen atoms in total. The van der Waals surface area contributed by atoms with Crippen molar-refractivity contribution in [3.05, 3.63) is 34.9 Å². The summed E-state index contributed by atoms with van der Waals surface area (Å²) < 4.78 is 0. The SMILES string of the molecule is O=C(Cc1ccc(Cl)cc1)N[C@@H]1CC[C@H](C(=O)O)C1. The summed E-state index contributed by atoms with van der Waals surface area (Å²) in [5.74, 6) is -1.16. The fourth-order valence-corrected chi connectivity index (χ4v) is 2.53. The van der Waals surface area contributed by atoms with Gasteiger partial charge in [-0.15, -0.1) is 0 Å². The van der Waals surface area contributed by atoms with E-state index >= 15 is 0 Å². The number of aliphatic carboxylic acids is 1. The number of carboxylic acid groups (broad SMARTS) is 1. The maximum Gasteiger partial charge on any atom is 0.306 e. The quantitative estimate of drug-likeness (QED) is 0.889. The van der Waals surface area contributed by atoms with Crippen LogP contribution in [0.3, 0.4) is 0 Å². The molecule has 1 saturated carbocycles. The molecule has 0 aliphatic heterocycles.